The summed E-state index contributed by atoms with van der Waals surface area (Å²) in [5, 5.41) is 9.02. The van der Waals surface area contributed by atoms with Crippen molar-refractivity contribution in [1.82, 2.24) is 20.2 Å². The van der Waals surface area contributed by atoms with Crippen LogP contribution in [0.3, 0.4) is 0 Å². The Morgan fingerprint density at radius 1 is 1.08 bits per heavy atom. The molecule has 0 saturated heterocycles. The molecular formula is C9H6N4. The first kappa shape index (κ1) is 6.54. The Kier molecular flexibility index (Phi) is 1.14. The molecule has 0 fully saturated rings. The number of aromatic nitrogens is 4. The van der Waals surface area contributed by atoms with Crippen molar-refractivity contribution in [2.45, 2.75) is 0 Å². The molecule has 62 valence electrons. The zero-order valence-corrected chi connectivity index (χ0v) is 6.73. The molecule has 13 heavy (non-hydrogen) atoms. The number of nitrogens with one attached hydrogen (secondary N) is 1. The second kappa shape index (κ2) is 2.26. The quantitative estimate of drug-likeness (QED) is 0.556. The SMILES string of the molecule is c1ncc2c(ccc3n[nH]cc32)n1. The number of fused-ring (bicyclic) bond motifs is 3. The number of H-pyrrole nitrogens is 1. The first-order chi connectivity index (χ1) is 6.45. The summed E-state index contributed by atoms with van der Waals surface area (Å²) in [7, 11) is 0. The third-order valence-electron chi connectivity index (χ3n) is 2.10. The maximum absolute atomic E-state index is 4.16. The largest absolute Gasteiger partial charge is 0.284 e. The molecule has 1 N–H and O–H groups in total. The van der Waals surface area contributed by atoms with Gasteiger partial charge in [0.2, 0.25) is 0 Å². The van der Waals surface area contributed by atoms with Gasteiger partial charge < -0.3 is 0 Å². The minimum Gasteiger partial charge on any atom is -0.284 e. The average Bonchev–Trinajstić information content (AvgIpc) is 2.65. The van der Waals surface area contributed by atoms with Crippen LogP contribution in [0.2, 0.25) is 0 Å². The first-order valence-electron chi connectivity index (χ1n) is 3.97. The summed E-state index contributed by atoms with van der Waals surface area (Å²) < 4.78 is 0. The van der Waals surface area contributed by atoms with Gasteiger partial charge in [0.25, 0.3) is 0 Å². The summed E-state index contributed by atoms with van der Waals surface area (Å²) in [6.45, 7) is 0. The predicted octanol–water partition coefficient (Wildman–Crippen LogP) is 1.51. The van der Waals surface area contributed by atoms with Crippen molar-refractivity contribution in [3.63, 3.8) is 0 Å². The smallest absolute Gasteiger partial charge is 0.116 e. The van der Waals surface area contributed by atoms with Gasteiger partial charge in [0.1, 0.15) is 6.33 Å². The lowest BCUT2D eigenvalue weighted by atomic mass is 10.2. The van der Waals surface area contributed by atoms with Crippen LogP contribution in [-0.4, -0.2) is 20.2 Å². The van der Waals surface area contributed by atoms with E-state index in [1.807, 2.05) is 18.3 Å². The van der Waals surface area contributed by atoms with E-state index in [9.17, 15) is 0 Å². The summed E-state index contributed by atoms with van der Waals surface area (Å²) in [5.74, 6) is 0. The molecule has 2 heterocycles. The van der Waals surface area contributed by atoms with Crippen LogP contribution >= 0.6 is 0 Å². The summed E-state index contributed by atoms with van der Waals surface area (Å²) in [6.07, 6.45) is 5.22. The van der Waals surface area contributed by atoms with Crippen LogP contribution in [0.4, 0.5) is 0 Å². The van der Waals surface area contributed by atoms with Gasteiger partial charge in [-0.05, 0) is 12.1 Å². The Morgan fingerprint density at radius 3 is 3.00 bits per heavy atom. The number of rotatable bonds is 0. The van der Waals surface area contributed by atoms with Crippen molar-refractivity contribution < 1.29 is 0 Å². The van der Waals surface area contributed by atoms with Gasteiger partial charge >= 0.3 is 0 Å². The van der Waals surface area contributed by atoms with Crippen molar-refractivity contribution in [3.8, 4) is 0 Å². The van der Waals surface area contributed by atoms with Crippen LogP contribution < -0.4 is 0 Å². The van der Waals surface area contributed by atoms with Crippen molar-refractivity contribution >= 4 is 21.8 Å². The van der Waals surface area contributed by atoms with E-state index in [0.717, 1.165) is 21.8 Å². The number of benzene rings is 1. The molecule has 0 bridgehead atoms. The monoisotopic (exact) mass is 170 g/mol. The van der Waals surface area contributed by atoms with E-state index in [1.54, 1.807) is 12.5 Å². The molecule has 0 amide bonds. The van der Waals surface area contributed by atoms with Gasteiger partial charge in [-0.15, -0.1) is 0 Å². The number of hydrogen-bond acceptors (Lipinski definition) is 3. The molecule has 0 unspecified atom stereocenters. The minimum absolute atomic E-state index is 0.947. The highest BCUT2D eigenvalue weighted by Crippen LogP contribution is 2.20. The first-order valence-corrected chi connectivity index (χ1v) is 3.97. The Balaban J connectivity index is 2.65. The Hall–Kier alpha value is -1.97. The van der Waals surface area contributed by atoms with Crippen LogP contribution in [0.1, 0.15) is 0 Å². The zero-order valence-electron chi connectivity index (χ0n) is 6.73. The fraction of sp³-hybridized carbons (Fsp3) is 0. The zero-order chi connectivity index (χ0) is 8.67. The number of nitrogens with zero attached hydrogens (tertiary/aromatic N) is 3. The van der Waals surface area contributed by atoms with Crippen LogP contribution in [0.25, 0.3) is 21.8 Å². The molecular weight excluding hydrogens is 164 g/mol. The molecule has 0 aliphatic rings. The van der Waals surface area contributed by atoms with E-state index < -0.39 is 0 Å². The highest BCUT2D eigenvalue weighted by Gasteiger charge is 2.01. The van der Waals surface area contributed by atoms with Gasteiger partial charge in [-0.1, -0.05) is 0 Å². The summed E-state index contributed by atoms with van der Waals surface area (Å²) in [5.41, 5.74) is 1.89. The van der Waals surface area contributed by atoms with E-state index in [4.69, 9.17) is 0 Å². The van der Waals surface area contributed by atoms with Gasteiger partial charge in [-0.3, -0.25) is 5.10 Å². The molecule has 4 nitrogen and oxygen atoms in total. The van der Waals surface area contributed by atoms with E-state index in [1.165, 1.54) is 0 Å². The third-order valence-corrected chi connectivity index (χ3v) is 2.10. The molecule has 0 aliphatic carbocycles. The standard InChI is InChI=1S/C9H6N4/c1-2-9-7(4-12-13-9)6-3-10-5-11-8(1)6/h1-5H,(H,12,13). The molecule has 0 aliphatic heterocycles. The van der Waals surface area contributed by atoms with E-state index in [0.29, 0.717) is 0 Å². The Morgan fingerprint density at radius 2 is 2.00 bits per heavy atom. The number of hydrogen-bond donors (Lipinski definition) is 1. The second-order valence-corrected chi connectivity index (χ2v) is 2.84. The molecule has 0 atom stereocenters. The van der Waals surface area contributed by atoms with Crippen molar-refractivity contribution in [2.24, 2.45) is 0 Å². The maximum Gasteiger partial charge on any atom is 0.116 e. The van der Waals surface area contributed by atoms with E-state index >= 15 is 0 Å². The minimum atomic E-state index is 0.947. The molecule has 0 spiro atoms. The summed E-state index contributed by atoms with van der Waals surface area (Å²) in [6, 6.07) is 3.89. The van der Waals surface area contributed by atoms with Gasteiger partial charge in [0, 0.05) is 23.2 Å². The van der Waals surface area contributed by atoms with Crippen molar-refractivity contribution in [1.29, 1.82) is 0 Å². The van der Waals surface area contributed by atoms with Gasteiger partial charge in [-0.2, -0.15) is 5.10 Å². The third kappa shape index (κ3) is 0.823. The second-order valence-electron chi connectivity index (χ2n) is 2.84. The van der Waals surface area contributed by atoms with E-state index in [-0.39, 0.29) is 0 Å². The Labute approximate surface area is 73.6 Å². The summed E-state index contributed by atoms with van der Waals surface area (Å²) >= 11 is 0. The summed E-state index contributed by atoms with van der Waals surface area (Å²) in [4.78, 5) is 8.15. The lowest BCUT2D eigenvalue weighted by Crippen LogP contribution is -1.80. The molecule has 1 aromatic carbocycles. The molecule has 0 radical (unpaired) electrons. The average molecular weight is 170 g/mol. The van der Waals surface area contributed by atoms with Crippen molar-refractivity contribution in [2.75, 3.05) is 0 Å². The van der Waals surface area contributed by atoms with Crippen molar-refractivity contribution in [3.05, 3.63) is 30.9 Å². The molecule has 0 saturated carbocycles. The normalized spacial score (nSPS) is 11.1. The fourth-order valence-corrected chi connectivity index (χ4v) is 1.48. The van der Waals surface area contributed by atoms with Gasteiger partial charge in [0.15, 0.2) is 0 Å². The molecule has 4 heteroatoms. The van der Waals surface area contributed by atoms with E-state index in [2.05, 4.69) is 20.2 Å². The maximum atomic E-state index is 4.16. The van der Waals surface area contributed by atoms with Crippen LogP contribution in [0, 0.1) is 0 Å². The van der Waals surface area contributed by atoms with Crippen LogP contribution in [-0.2, 0) is 0 Å². The molecule has 2 aromatic heterocycles. The lowest BCUT2D eigenvalue weighted by molar-refractivity contribution is 1.12. The molecule has 3 rings (SSSR count). The van der Waals surface area contributed by atoms with Crippen LogP contribution in [0.5, 0.6) is 0 Å². The van der Waals surface area contributed by atoms with Crippen LogP contribution in [0.15, 0.2) is 30.9 Å². The fourth-order valence-electron chi connectivity index (χ4n) is 1.48. The lowest BCUT2D eigenvalue weighted by Gasteiger charge is -1.94. The highest BCUT2D eigenvalue weighted by molar-refractivity contribution is 6.03. The molecule has 3 aromatic rings. The topological polar surface area (TPSA) is 54.5 Å². The highest BCUT2D eigenvalue weighted by atomic mass is 15.1. The van der Waals surface area contributed by atoms with Gasteiger partial charge in [-0.25, -0.2) is 9.97 Å². The van der Waals surface area contributed by atoms with Gasteiger partial charge in [0.05, 0.1) is 11.0 Å². The Bertz CT molecular complexity index is 570. The predicted molar refractivity (Wildman–Crippen MR) is 49.2 cm³/mol. The number of aromatic amines is 1.